The second-order valence-electron chi connectivity index (χ2n) is 2.53. The van der Waals surface area contributed by atoms with Crippen LogP contribution in [0.25, 0.3) is 0 Å². The van der Waals surface area contributed by atoms with Crippen molar-refractivity contribution in [1.82, 2.24) is 0 Å². The Balaban J connectivity index is -0.000000235. The van der Waals surface area contributed by atoms with Gasteiger partial charge in [-0.2, -0.15) is 0 Å². The number of rotatable bonds is 5. The van der Waals surface area contributed by atoms with Gasteiger partial charge in [-0.25, -0.2) is 0 Å². The normalized spacial score (nSPS) is 7.38. The van der Waals surface area contributed by atoms with E-state index in [9.17, 15) is 19.8 Å². The van der Waals surface area contributed by atoms with Crippen LogP contribution in [0.4, 0.5) is 0 Å². The van der Waals surface area contributed by atoms with Crippen LogP contribution in [0.1, 0.15) is 25.7 Å². The summed E-state index contributed by atoms with van der Waals surface area (Å²) in [7, 11) is 0. The van der Waals surface area contributed by atoms with Gasteiger partial charge in [-0.05, 0) is 38.8 Å². The molecule has 0 aliphatic heterocycles. The summed E-state index contributed by atoms with van der Waals surface area (Å²) in [4.78, 5) is 19.5. The first-order valence-electron chi connectivity index (χ1n) is 4.66. The van der Waals surface area contributed by atoms with Crippen molar-refractivity contribution in [3.8, 4) is 0 Å². The number of carbonyl (C=O) groups is 2. The second kappa shape index (κ2) is 19.0. The van der Waals surface area contributed by atoms with Crippen molar-refractivity contribution in [2.75, 3.05) is 0 Å². The molecule has 6 nitrogen and oxygen atoms in total. The van der Waals surface area contributed by atoms with Gasteiger partial charge < -0.3 is 31.3 Å². The van der Waals surface area contributed by atoms with Crippen molar-refractivity contribution in [3.05, 3.63) is 25.6 Å². The average Bonchev–Trinajstić information content (AvgIpc) is 2.14. The van der Waals surface area contributed by atoms with E-state index in [-0.39, 0.29) is 12.8 Å². The topological polar surface area (TPSA) is 136 Å². The highest BCUT2D eigenvalue weighted by molar-refractivity contribution is 5.65. The largest absolute Gasteiger partial charge is 0.550 e. The molecule has 0 atom stereocenters. The van der Waals surface area contributed by atoms with Gasteiger partial charge in [0.1, 0.15) is 0 Å². The first-order valence-corrected chi connectivity index (χ1v) is 4.66. The number of quaternary nitrogens is 2. The van der Waals surface area contributed by atoms with Gasteiger partial charge in [0.05, 0.1) is 12.4 Å². The van der Waals surface area contributed by atoms with Crippen LogP contribution in [-0.4, -0.2) is 11.9 Å². The summed E-state index contributed by atoms with van der Waals surface area (Å²) in [5.41, 5.74) is 6.50. The molecule has 0 saturated carbocycles. The molecule has 0 rings (SSSR count). The quantitative estimate of drug-likeness (QED) is 0.482. The van der Waals surface area contributed by atoms with Gasteiger partial charge in [0.2, 0.25) is 0 Å². The predicted molar refractivity (Wildman–Crippen MR) is 54.7 cm³/mol. The number of unbranched alkanes of at least 4 members (excludes halogenated alkanes) is 1. The van der Waals surface area contributed by atoms with Crippen molar-refractivity contribution in [3.63, 3.8) is 0 Å². The molecule has 0 bridgehead atoms. The fourth-order valence-electron chi connectivity index (χ4n) is 0.539. The minimum Gasteiger partial charge on any atom is -0.550 e. The Morgan fingerprint density at radius 3 is 1.25 bits per heavy atom. The minimum atomic E-state index is -1.14. The number of carboxylic acid groups (broad SMARTS) is 2. The molecule has 0 aliphatic carbocycles. The Hall–Kier alpha value is -1.66. The molecule has 16 heavy (non-hydrogen) atoms. The van der Waals surface area contributed by atoms with Crippen LogP contribution >= 0.6 is 0 Å². The molecule has 0 saturated heterocycles. The zero-order chi connectivity index (χ0) is 13.4. The molecule has 6 N–H and O–H groups in total. The molecule has 0 aromatic heterocycles. The van der Waals surface area contributed by atoms with Crippen molar-refractivity contribution >= 4 is 11.9 Å². The molecular weight excluding hydrogens is 212 g/mol. The SMILES string of the molecule is C=C[NH3+].C=C[NH3+].O=C([O-])CCCCC(=O)[O-]. The Kier molecular flexibility index (Phi) is 23.6. The lowest BCUT2D eigenvalue weighted by Crippen LogP contribution is -2.38. The van der Waals surface area contributed by atoms with Gasteiger partial charge in [0.25, 0.3) is 0 Å². The lowest BCUT2D eigenvalue weighted by molar-refractivity contribution is -0.308. The Morgan fingerprint density at radius 1 is 0.938 bits per heavy atom. The first kappa shape index (κ1) is 19.8. The van der Waals surface area contributed by atoms with E-state index in [1.807, 2.05) is 0 Å². The van der Waals surface area contributed by atoms with E-state index < -0.39 is 11.9 Å². The summed E-state index contributed by atoms with van der Waals surface area (Å²) >= 11 is 0. The fourth-order valence-corrected chi connectivity index (χ4v) is 0.539. The van der Waals surface area contributed by atoms with Crippen LogP contribution in [0.15, 0.2) is 25.6 Å². The number of carbonyl (C=O) groups excluding carboxylic acids is 2. The number of aliphatic carboxylic acids is 2. The molecule has 0 unspecified atom stereocenters. The summed E-state index contributed by atoms with van der Waals surface area (Å²) in [6, 6.07) is 0. The Labute approximate surface area is 95.2 Å². The monoisotopic (exact) mass is 232 g/mol. The lowest BCUT2D eigenvalue weighted by atomic mass is 10.2. The number of carboxylic acids is 2. The van der Waals surface area contributed by atoms with Crippen molar-refractivity contribution in [1.29, 1.82) is 0 Å². The summed E-state index contributed by atoms with van der Waals surface area (Å²) < 4.78 is 0. The molecule has 0 amide bonds. The molecule has 0 aromatic rings. The molecule has 0 radical (unpaired) electrons. The van der Waals surface area contributed by atoms with Gasteiger partial charge >= 0.3 is 0 Å². The summed E-state index contributed by atoms with van der Waals surface area (Å²) in [6.45, 7) is 6.50. The van der Waals surface area contributed by atoms with Crippen molar-refractivity contribution in [2.24, 2.45) is 0 Å². The molecular formula is C10H20N2O4. The van der Waals surface area contributed by atoms with Gasteiger partial charge in [-0.3, -0.25) is 0 Å². The third kappa shape index (κ3) is 55.6. The molecule has 6 heteroatoms. The van der Waals surface area contributed by atoms with E-state index in [2.05, 4.69) is 24.6 Å². The number of hydrogen-bond donors (Lipinski definition) is 2. The van der Waals surface area contributed by atoms with E-state index in [0.29, 0.717) is 12.8 Å². The summed E-state index contributed by atoms with van der Waals surface area (Å²) in [6.07, 6.45) is 3.53. The van der Waals surface area contributed by atoms with Crippen LogP contribution in [0.3, 0.4) is 0 Å². The highest BCUT2D eigenvalue weighted by Crippen LogP contribution is 1.96. The van der Waals surface area contributed by atoms with Crippen LogP contribution in [0.2, 0.25) is 0 Å². The first-order chi connectivity index (χ1) is 7.45. The third-order valence-electron chi connectivity index (χ3n) is 1.01. The molecule has 0 aliphatic rings. The third-order valence-corrected chi connectivity index (χ3v) is 1.01. The Bertz CT molecular complexity index is 183. The fraction of sp³-hybridized carbons (Fsp3) is 0.400. The average molecular weight is 232 g/mol. The molecule has 0 spiro atoms. The van der Waals surface area contributed by atoms with Crippen molar-refractivity contribution in [2.45, 2.75) is 25.7 Å². The maximum Gasteiger partial charge on any atom is 0.0836 e. The van der Waals surface area contributed by atoms with E-state index in [1.54, 1.807) is 0 Å². The van der Waals surface area contributed by atoms with E-state index in [4.69, 9.17) is 0 Å². The highest BCUT2D eigenvalue weighted by Gasteiger charge is 1.89. The number of hydrogen-bond acceptors (Lipinski definition) is 4. The van der Waals surface area contributed by atoms with Crippen LogP contribution in [-0.2, 0) is 9.59 Å². The highest BCUT2D eigenvalue weighted by atomic mass is 16.4. The molecule has 0 heterocycles. The summed E-state index contributed by atoms with van der Waals surface area (Å²) in [5.74, 6) is -2.28. The van der Waals surface area contributed by atoms with Crippen LogP contribution in [0, 0.1) is 0 Å². The van der Waals surface area contributed by atoms with Gasteiger partial charge in [-0.1, -0.05) is 0 Å². The van der Waals surface area contributed by atoms with E-state index in [0.717, 1.165) is 0 Å². The molecule has 0 aromatic carbocycles. The molecule has 94 valence electrons. The van der Waals surface area contributed by atoms with Gasteiger partial charge in [0.15, 0.2) is 0 Å². The zero-order valence-corrected chi connectivity index (χ0v) is 9.44. The van der Waals surface area contributed by atoms with E-state index >= 15 is 0 Å². The maximum atomic E-state index is 9.77. The molecule has 0 fully saturated rings. The van der Waals surface area contributed by atoms with E-state index in [1.165, 1.54) is 12.4 Å². The maximum absolute atomic E-state index is 9.77. The zero-order valence-electron chi connectivity index (χ0n) is 9.44. The standard InChI is InChI=1S/C6H10O4.2C2H5N/c7-5(8)3-1-2-4-6(9)10;2*1-2-3/h1-4H2,(H,7,8)(H,9,10);2*2H,1,3H2. The Morgan fingerprint density at radius 2 is 1.12 bits per heavy atom. The lowest BCUT2D eigenvalue weighted by Gasteiger charge is -2.01. The van der Waals surface area contributed by atoms with Crippen LogP contribution < -0.4 is 21.7 Å². The van der Waals surface area contributed by atoms with Crippen LogP contribution in [0.5, 0.6) is 0 Å². The second-order valence-corrected chi connectivity index (χ2v) is 2.53. The minimum absolute atomic E-state index is 0.0761. The summed E-state index contributed by atoms with van der Waals surface area (Å²) in [5, 5.41) is 19.5. The smallest absolute Gasteiger partial charge is 0.0836 e. The van der Waals surface area contributed by atoms with Gasteiger partial charge in [0, 0.05) is 11.9 Å². The van der Waals surface area contributed by atoms with Gasteiger partial charge in [-0.15, -0.1) is 0 Å². The van der Waals surface area contributed by atoms with Crippen molar-refractivity contribution < 1.29 is 31.3 Å². The predicted octanol–water partition coefficient (Wildman–Crippen LogP) is -3.21.